The molecule has 1 aliphatic carbocycles. The third-order valence-electron chi connectivity index (χ3n) is 7.02. The summed E-state index contributed by atoms with van der Waals surface area (Å²) in [4.78, 5) is 18.1. The van der Waals surface area contributed by atoms with E-state index in [1.165, 1.54) is 0 Å². The Balaban J connectivity index is 1.51. The Morgan fingerprint density at radius 3 is 2.59 bits per heavy atom. The van der Waals surface area contributed by atoms with Crippen LogP contribution < -0.4 is 20.1 Å². The summed E-state index contributed by atoms with van der Waals surface area (Å²) >= 11 is 6.43. The summed E-state index contributed by atoms with van der Waals surface area (Å²) in [6.07, 6.45) is 4.17. The fourth-order valence-electron chi connectivity index (χ4n) is 4.88. The third kappa shape index (κ3) is 4.17. The van der Waals surface area contributed by atoms with E-state index in [9.17, 15) is 4.79 Å². The molecule has 8 heteroatoms. The minimum absolute atomic E-state index is 0.143. The summed E-state index contributed by atoms with van der Waals surface area (Å²) in [6.45, 7) is 7.39. The summed E-state index contributed by atoms with van der Waals surface area (Å²) in [5, 5.41) is 7.19. The maximum atomic E-state index is 13.3. The molecule has 2 aliphatic rings. The standard InChI is InChI=1S/C26H31ClN4O3/c1-15-6-5-7-18(27)20(15)30-25-29-19-14-17(22-23(21(19)31(25)4)34-13-12-33-22)24(32)28-16-8-10-26(2,3)11-9-16/h5-7,14,16H,8-13H2,1-4H3,(H,28,32)(H,29,30). The quantitative estimate of drug-likeness (QED) is 0.495. The number of nitrogens with one attached hydrogen (secondary N) is 2. The zero-order valence-electron chi connectivity index (χ0n) is 20.1. The van der Waals surface area contributed by atoms with Crippen LogP contribution in [0.25, 0.3) is 11.0 Å². The number of halogens is 1. The molecule has 0 bridgehead atoms. The van der Waals surface area contributed by atoms with E-state index < -0.39 is 0 Å². The number of nitrogens with zero attached hydrogens (tertiary/aromatic N) is 2. The van der Waals surface area contributed by atoms with Crippen LogP contribution in [0.1, 0.15) is 55.5 Å². The van der Waals surface area contributed by atoms with Crippen LogP contribution in [-0.2, 0) is 7.05 Å². The van der Waals surface area contributed by atoms with Crippen LogP contribution in [-0.4, -0.2) is 34.7 Å². The van der Waals surface area contributed by atoms with E-state index in [2.05, 4.69) is 24.5 Å². The average molecular weight is 483 g/mol. The number of hydrogen-bond donors (Lipinski definition) is 2. The largest absolute Gasteiger partial charge is 0.485 e. The Hall–Kier alpha value is -2.93. The van der Waals surface area contributed by atoms with Crippen molar-refractivity contribution in [3.63, 3.8) is 0 Å². The van der Waals surface area contributed by atoms with E-state index in [0.29, 0.717) is 52.2 Å². The van der Waals surface area contributed by atoms with E-state index in [4.69, 9.17) is 26.1 Å². The molecule has 1 fully saturated rings. The van der Waals surface area contributed by atoms with Gasteiger partial charge in [-0.25, -0.2) is 4.98 Å². The number of anilines is 2. The molecule has 180 valence electrons. The lowest BCUT2D eigenvalue weighted by molar-refractivity contribution is 0.0899. The van der Waals surface area contributed by atoms with Gasteiger partial charge in [0.15, 0.2) is 11.5 Å². The summed E-state index contributed by atoms with van der Waals surface area (Å²) in [7, 11) is 1.91. The Kier molecular flexibility index (Phi) is 5.84. The molecule has 34 heavy (non-hydrogen) atoms. The second kappa shape index (κ2) is 8.69. The molecule has 2 N–H and O–H groups in total. The van der Waals surface area contributed by atoms with E-state index in [-0.39, 0.29) is 11.9 Å². The van der Waals surface area contributed by atoms with E-state index in [0.717, 1.165) is 42.5 Å². The number of aryl methyl sites for hydroxylation is 2. The second-order valence-corrected chi connectivity index (χ2v) is 10.5. The molecule has 0 atom stereocenters. The monoisotopic (exact) mass is 482 g/mol. The van der Waals surface area contributed by atoms with Gasteiger partial charge in [-0.3, -0.25) is 4.79 Å². The number of amides is 1. The van der Waals surface area contributed by atoms with Crippen LogP contribution in [0.4, 0.5) is 11.6 Å². The van der Waals surface area contributed by atoms with Crippen molar-refractivity contribution in [2.45, 2.75) is 52.5 Å². The summed E-state index contributed by atoms with van der Waals surface area (Å²) in [5.74, 6) is 1.50. The molecule has 2 aromatic carbocycles. The van der Waals surface area contributed by atoms with Crippen LogP contribution in [0.3, 0.4) is 0 Å². The SMILES string of the molecule is Cc1cccc(Cl)c1Nc1nc2cc(C(=O)NC3CCC(C)(C)CC3)c3c(c2n1C)OCCO3. The highest BCUT2D eigenvalue weighted by Crippen LogP contribution is 2.43. The van der Waals surface area contributed by atoms with Crippen LogP contribution in [0.15, 0.2) is 24.3 Å². The molecule has 0 radical (unpaired) electrons. The number of imidazole rings is 1. The highest BCUT2D eigenvalue weighted by Gasteiger charge is 2.31. The number of aromatic nitrogens is 2. The van der Waals surface area contributed by atoms with Gasteiger partial charge in [0, 0.05) is 13.1 Å². The van der Waals surface area contributed by atoms with E-state index in [1.54, 1.807) is 6.07 Å². The zero-order valence-corrected chi connectivity index (χ0v) is 20.9. The van der Waals surface area contributed by atoms with Crippen molar-refractivity contribution >= 4 is 40.2 Å². The molecule has 0 unspecified atom stereocenters. The second-order valence-electron chi connectivity index (χ2n) is 10.1. The van der Waals surface area contributed by atoms with Crippen LogP contribution in [0, 0.1) is 12.3 Å². The van der Waals surface area contributed by atoms with Gasteiger partial charge in [-0.2, -0.15) is 0 Å². The third-order valence-corrected chi connectivity index (χ3v) is 7.34. The van der Waals surface area contributed by atoms with E-state index >= 15 is 0 Å². The number of ether oxygens (including phenoxy) is 2. The zero-order chi connectivity index (χ0) is 24.0. The number of carbonyl (C=O) groups is 1. The number of hydrogen-bond acceptors (Lipinski definition) is 5. The van der Waals surface area contributed by atoms with Crippen molar-refractivity contribution in [1.29, 1.82) is 0 Å². The Labute approximate surface area is 204 Å². The van der Waals surface area contributed by atoms with Gasteiger partial charge in [0.2, 0.25) is 5.95 Å². The Morgan fingerprint density at radius 1 is 1.18 bits per heavy atom. The molecular formula is C26H31ClN4O3. The van der Waals surface area contributed by atoms with Crippen molar-refractivity contribution in [2.75, 3.05) is 18.5 Å². The van der Waals surface area contributed by atoms with Crippen LogP contribution >= 0.6 is 11.6 Å². The maximum Gasteiger partial charge on any atom is 0.255 e. The molecule has 5 rings (SSSR count). The first-order chi connectivity index (χ1) is 16.2. The lowest BCUT2D eigenvalue weighted by atomic mass is 9.75. The average Bonchev–Trinajstić information content (AvgIpc) is 3.12. The predicted molar refractivity (Wildman–Crippen MR) is 135 cm³/mol. The fourth-order valence-corrected chi connectivity index (χ4v) is 5.14. The number of benzene rings is 2. The van der Waals surface area contributed by atoms with Gasteiger partial charge in [0.25, 0.3) is 5.91 Å². The lowest BCUT2D eigenvalue weighted by Gasteiger charge is -2.34. The first kappa shape index (κ1) is 22.8. The van der Waals surface area contributed by atoms with Crippen LogP contribution in [0.2, 0.25) is 5.02 Å². The number of rotatable bonds is 4. The maximum absolute atomic E-state index is 13.3. The molecule has 1 aromatic heterocycles. The molecule has 1 aliphatic heterocycles. The number of carbonyl (C=O) groups excluding carboxylic acids is 1. The molecular weight excluding hydrogens is 452 g/mol. The Morgan fingerprint density at radius 2 is 1.88 bits per heavy atom. The van der Waals surface area contributed by atoms with Gasteiger partial charge in [-0.05, 0) is 55.7 Å². The number of para-hydroxylation sites is 1. The molecule has 7 nitrogen and oxygen atoms in total. The summed E-state index contributed by atoms with van der Waals surface area (Å²) < 4.78 is 13.9. The van der Waals surface area contributed by atoms with E-state index in [1.807, 2.05) is 36.7 Å². The van der Waals surface area contributed by atoms with Crippen LogP contribution in [0.5, 0.6) is 11.5 Å². The molecule has 2 heterocycles. The smallest absolute Gasteiger partial charge is 0.255 e. The van der Waals surface area contributed by atoms with Crippen molar-refractivity contribution in [3.8, 4) is 11.5 Å². The lowest BCUT2D eigenvalue weighted by Crippen LogP contribution is -2.39. The van der Waals surface area contributed by atoms with Crippen molar-refractivity contribution in [1.82, 2.24) is 14.9 Å². The van der Waals surface area contributed by atoms with Gasteiger partial charge in [0.1, 0.15) is 18.7 Å². The highest BCUT2D eigenvalue weighted by molar-refractivity contribution is 6.33. The van der Waals surface area contributed by atoms with Crippen molar-refractivity contribution in [2.24, 2.45) is 12.5 Å². The van der Waals surface area contributed by atoms with Crippen molar-refractivity contribution in [3.05, 3.63) is 40.4 Å². The minimum atomic E-state index is -0.143. The molecule has 0 spiro atoms. The minimum Gasteiger partial charge on any atom is -0.485 e. The molecule has 0 saturated heterocycles. The highest BCUT2D eigenvalue weighted by atomic mass is 35.5. The normalized spacial score (nSPS) is 17.6. The van der Waals surface area contributed by atoms with Gasteiger partial charge in [-0.15, -0.1) is 0 Å². The molecule has 1 saturated carbocycles. The Bertz CT molecular complexity index is 1240. The molecule has 3 aromatic rings. The van der Waals surface area contributed by atoms with Gasteiger partial charge in [0.05, 0.1) is 21.8 Å². The van der Waals surface area contributed by atoms with Crippen molar-refractivity contribution < 1.29 is 14.3 Å². The fraction of sp³-hybridized carbons (Fsp3) is 0.462. The van der Waals surface area contributed by atoms with Gasteiger partial charge >= 0.3 is 0 Å². The van der Waals surface area contributed by atoms with Gasteiger partial charge in [-0.1, -0.05) is 37.6 Å². The number of fused-ring (bicyclic) bond motifs is 3. The first-order valence-electron chi connectivity index (χ1n) is 11.9. The topological polar surface area (TPSA) is 77.4 Å². The first-order valence-corrected chi connectivity index (χ1v) is 12.2. The molecule has 1 amide bonds. The predicted octanol–water partition coefficient (Wildman–Crippen LogP) is 5.75. The summed E-state index contributed by atoms with van der Waals surface area (Å²) in [5.41, 5.74) is 4.05. The summed E-state index contributed by atoms with van der Waals surface area (Å²) in [6, 6.07) is 7.71. The van der Waals surface area contributed by atoms with Gasteiger partial charge < -0.3 is 24.7 Å².